The highest BCUT2D eigenvalue weighted by Gasteiger charge is 2.67. The summed E-state index contributed by atoms with van der Waals surface area (Å²) in [6, 6.07) is 7.76. The maximum Gasteiger partial charge on any atom is 0.261 e. The molecule has 2 heterocycles. The lowest BCUT2D eigenvalue weighted by molar-refractivity contribution is -0.398. The number of carbonyl (C=O) groups excluding carboxylic acids is 1. The molecule has 2 bridgehead atoms. The number of amides is 1. The van der Waals surface area contributed by atoms with Gasteiger partial charge in [0.25, 0.3) is 11.7 Å². The van der Waals surface area contributed by atoms with Crippen molar-refractivity contribution in [3.8, 4) is 0 Å². The molecule has 206 valence electrons. The van der Waals surface area contributed by atoms with Crippen molar-refractivity contribution in [2.75, 3.05) is 24.3 Å². The summed E-state index contributed by atoms with van der Waals surface area (Å²) in [6.07, 6.45) is 1.98. The molecule has 6 nitrogen and oxygen atoms in total. The summed E-state index contributed by atoms with van der Waals surface area (Å²) in [5.41, 5.74) is 0.223. The average molecular weight is 513 g/mol. The second kappa shape index (κ2) is 8.79. The average Bonchev–Trinajstić information content (AvgIpc) is 2.70. The zero-order chi connectivity index (χ0) is 28.4. The third-order valence-electron chi connectivity index (χ3n) is 7.00. The summed E-state index contributed by atoms with van der Waals surface area (Å²) in [4.78, 5) is 16.3. The molecule has 2 aliphatic heterocycles. The third-order valence-corrected chi connectivity index (χ3v) is 7.00. The first-order chi connectivity index (χ1) is 16.5. The number of allylic oxidation sites excluding steroid dienone is 2. The van der Waals surface area contributed by atoms with Crippen LogP contribution >= 0.6 is 0 Å². The molecule has 1 N–H and O–H groups in total. The Balaban J connectivity index is 2.30. The smallest absolute Gasteiger partial charge is 0.261 e. The summed E-state index contributed by atoms with van der Waals surface area (Å²) in [6.45, 7) is 24.9. The van der Waals surface area contributed by atoms with Crippen LogP contribution in [-0.4, -0.2) is 31.6 Å². The number of ether oxygens (including phenoxy) is 3. The summed E-state index contributed by atoms with van der Waals surface area (Å²) in [5, 5.41) is 3.11. The normalized spacial score (nSPS) is 24.6. The Bertz CT molecular complexity index is 1100. The number of hydrogen-bond donors (Lipinski definition) is 1. The van der Waals surface area contributed by atoms with E-state index in [1.165, 1.54) is 0 Å². The van der Waals surface area contributed by atoms with Crippen molar-refractivity contribution >= 4 is 17.3 Å². The van der Waals surface area contributed by atoms with Gasteiger partial charge >= 0.3 is 0 Å². The molecule has 0 fully saturated rings. The molecule has 2 aliphatic rings. The fraction of sp³-hybridized carbons (Fsp3) is 0.645. The highest BCUT2D eigenvalue weighted by Crippen LogP contribution is 2.60. The summed E-state index contributed by atoms with van der Waals surface area (Å²) in [5.74, 6) is -1.48. The van der Waals surface area contributed by atoms with Crippen molar-refractivity contribution in [2.45, 2.75) is 94.7 Å². The topological polar surface area (TPSA) is 60.0 Å². The van der Waals surface area contributed by atoms with E-state index in [0.29, 0.717) is 17.0 Å². The van der Waals surface area contributed by atoms with Gasteiger partial charge in [-0.2, -0.15) is 0 Å². The minimum Gasteiger partial charge on any atom is -0.461 e. The van der Waals surface area contributed by atoms with Gasteiger partial charge < -0.3 is 19.7 Å². The maximum atomic E-state index is 14.3. The summed E-state index contributed by atoms with van der Waals surface area (Å²) < 4.78 is 20.7. The van der Waals surface area contributed by atoms with Crippen LogP contribution in [-0.2, 0) is 19.0 Å². The fourth-order valence-corrected chi connectivity index (χ4v) is 4.52. The number of benzene rings is 1. The van der Waals surface area contributed by atoms with Gasteiger partial charge in [-0.3, -0.25) is 9.53 Å². The second-order valence-corrected chi connectivity index (χ2v) is 14.7. The lowest BCUT2D eigenvalue weighted by atomic mass is 9.71. The number of carbonyl (C=O) groups is 1. The van der Waals surface area contributed by atoms with Crippen molar-refractivity contribution in [1.29, 1.82) is 0 Å². The Morgan fingerprint density at radius 2 is 1.32 bits per heavy atom. The predicted octanol–water partition coefficient (Wildman–Crippen LogP) is 7.48. The van der Waals surface area contributed by atoms with Crippen molar-refractivity contribution < 1.29 is 19.0 Å². The zero-order valence-corrected chi connectivity index (χ0v) is 25.5. The number of hydrogen-bond acceptors (Lipinski definition) is 5. The molecule has 2 atom stereocenters. The molecule has 37 heavy (non-hydrogen) atoms. The molecule has 3 rings (SSSR count). The zero-order valence-electron chi connectivity index (χ0n) is 25.5. The molecule has 0 aromatic heterocycles. The molecule has 1 amide bonds. The predicted molar refractivity (Wildman–Crippen MR) is 151 cm³/mol. The van der Waals surface area contributed by atoms with Crippen molar-refractivity contribution in [2.24, 2.45) is 21.7 Å². The maximum absolute atomic E-state index is 14.3. The second-order valence-electron chi connectivity index (χ2n) is 14.7. The first-order valence-electron chi connectivity index (χ1n) is 13.2. The Hall–Kier alpha value is -2.47. The summed E-state index contributed by atoms with van der Waals surface area (Å²) >= 11 is 0. The molecule has 1 aromatic carbocycles. The van der Waals surface area contributed by atoms with Gasteiger partial charge in [0.2, 0.25) is 5.79 Å². The minimum absolute atomic E-state index is 0.296. The van der Waals surface area contributed by atoms with Crippen LogP contribution in [0.4, 0.5) is 11.4 Å². The lowest BCUT2D eigenvalue weighted by Gasteiger charge is -2.60. The van der Waals surface area contributed by atoms with E-state index in [1.54, 1.807) is 0 Å². The van der Waals surface area contributed by atoms with Crippen LogP contribution in [0.2, 0.25) is 0 Å². The van der Waals surface area contributed by atoms with Crippen molar-refractivity contribution in [1.82, 2.24) is 0 Å². The standard InChI is InChI=1S/C31H48N2O4/c1-26(2,3)22-19-30(28(7,8)9)36-24(27(4,5)6)23(31(35-22,37-30)29(10,11)12)25(34)32-20-15-17-21(18-16-20)33(13)14/h15-19H,1-14H3,(H,32,34)/t30-,31-/m0/s1. The first kappa shape index (κ1) is 29.1. The molecule has 6 heteroatoms. The van der Waals surface area contributed by atoms with Crippen LogP contribution in [0.15, 0.2) is 47.4 Å². The van der Waals surface area contributed by atoms with Crippen molar-refractivity contribution in [3.63, 3.8) is 0 Å². The van der Waals surface area contributed by atoms with Crippen molar-refractivity contribution in [3.05, 3.63) is 47.4 Å². The van der Waals surface area contributed by atoms with Gasteiger partial charge in [0.1, 0.15) is 17.1 Å². The molecule has 0 aliphatic carbocycles. The lowest BCUT2D eigenvalue weighted by Crippen LogP contribution is -2.67. The monoisotopic (exact) mass is 512 g/mol. The highest BCUT2D eigenvalue weighted by molar-refractivity contribution is 6.06. The van der Waals surface area contributed by atoms with Crippen LogP contribution in [0.1, 0.15) is 83.1 Å². The molecular weight excluding hydrogens is 464 g/mol. The van der Waals surface area contributed by atoms with E-state index in [4.69, 9.17) is 14.2 Å². The Morgan fingerprint density at radius 3 is 1.73 bits per heavy atom. The number of nitrogens with zero attached hydrogens (tertiary/aromatic N) is 1. The van der Waals surface area contributed by atoms with E-state index in [9.17, 15) is 4.79 Å². The van der Waals surface area contributed by atoms with Crippen LogP contribution in [0.5, 0.6) is 0 Å². The molecule has 1 aromatic rings. The van der Waals surface area contributed by atoms with E-state index < -0.39 is 27.8 Å². The molecule has 0 spiro atoms. The SMILES string of the molecule is CN(C)c1ccc(NC(=O)C2=C(C(C)(C)C)O[C@@]3(C(C)(C)C)C=C(C(C)(C)C)O[C@]2(C(C)(C)C)O3)cc1. The molecule has 0 radical (unpaired) electrons. The van der Waals surface area contributed by atoms with Gasteiger partial charge in [-0.15, -0.1) is 0 Å². The Labute approximate surface area is 224 Å². The van der Waals surface area contributed by atoms with Gasteiger partial charge in [0.15, 0.2) is 0 Å². The Morgan fingerprint density at radius 1 is 0.784 bits per heavy atom. The molecule has 0 unspecified atom stereocenters. The fourth-order valence-electron chi connectivity index (χ4n) is 4.52. The Kier molecular flexibility index (Phi) is 6.91. The molecular formula is C31H48N2O4. The van der Waals surface area contributed by atoms with E-state index in [2.05, 4.69) is 88.4 Å². The molecule has 0 saturated carbocycles. The van der Waals surface area contributed by atoms with Gasteiger partial charge in [0.05, 0.1) is 0 Å². The number of anilines is 2. The summed E-state index contributed by atoms with van der Waals surface area (Å²) in [7, 11) is 3.97. The number of fused-ring (bicyclic) bond motifs is 2. The van der Waals surface area contributed by atoms with E-state index >= 15 is 0 Å². The number of nitrogens with one attached hydrogen (secondary N) is 1. The van der Waals surface area contributed by atoms with Crippen LogP contribution in [0.3, 0.4) is 0 Å². The van der Waals surface area contributed by atoms with Gasteiger partial charge in [-0.05, 0) is 24.3 Å². The highest BCUT2D eigenvalue weighted by atomic mass is 16.8. The minimum atomic E-state index is -1.38. The van der Waals surface area contributed by atoms with E-state index in [-0.39, 0.29) is 11.3 Å². The third kappa shape index (κ3) is 5.14. The quantitative estimate of drug-likeness (QED) is 0.455. The first-order valence-corrected chi connectivity index (χ1v) is 13.2. The van der Waals surface area contributed by atoms with Gasteiger partial charge in [-0.1, -0.05) is 83.1 Å². The molecule has 0 saturated heterocycles. The van der Waals surface area contributed by atoms with E-state index in [0.717, 1.165) is 11.4 Å². The van der Waals surface area contributed by atoms with Crippen LogP contribution in [0.25, 0.3) is 0 Å². The van der Waals surface area contributed by atoms with Crippen LogP contribution in [0, 0.1) is 21.7 Å². The number of rotatable bonds is 3. The van der Waals surface area contributed by atoms with Gasteiger partial charge in [0, 0.05) is 53.2 Å². The van der Waals surface area contributed by atoms with E-state index in [1.807, 2.05) is 49.3 Å². The van der Waals surface area contributed by atoms with Gasteiger partial charge in [-0.25, -0.2) is 0 Å². The van der Waals surface area contributed by atoms with Crippen LogP contribution < -0.4 is 10.2 Å². The largest absolute Gasteiger partial charge is 0.461 e.